The number of hydrogen-bond donors (Lipinski definition) is 0. The van der Waals surface area contributed by atoms with Gasteiger partial charge in [-0.05, 0) is 37.0 Å². The molecule has 1 rings (SSSR count). The van der Waals surface area contributed by atoms with E-state index in [4.69, 9.17) is 0 Å². The predicted octanol–water partition coefficient (Wildman–Crippen LogP) is 0.267. The third-order valence-corrected chi connectivity index (χ3v) is 5.04. The van der Waals surface area contributed by atoms with Crippen molar-refractivity contribution < 1.29 is 22.6 Å². The SMILES string of the molecule is CCC(C)(C)C1CCC([IH+])CC1. The molecule has 0 radical (unpaired) electrons. The molecule has 0 aromatic rings. The van der Waals surface area contributed by atoms with Crippen LogP contribution < -0.4 is 22.6 Å². The van der Waals surface area contributed by atoms with E-state index in [0.717, 1.165) is 9.84 Å². The van der Waals surface area contributed by atoms with Crippen LogP contribution in [0.2, 0.25) is 0 Å². The van der Waals surface area contributed by atoms with Crippen LogP contribution in [0.1, 0.15) is 52.9 Å². The Morgan fingerprint density at radius 3 is 2.08 bits per heavy atom. The molecule has 0 aliphatic heterocycles. The first-order valence-corrected chi connectivity index (χ1v) is 6.56. The lowest BCUT2D eigenvalue weighted by Gasteiger charge is -2.36. The van der Waals surface area contributed by atoms with Crippen LogP contribution in [0.5, 0.6) is 0 Å². The van der Waals surface area contributed by atoms with Crippen LogP contribution in [0, 0.1) is 11.3 Å². The van der Waals surface area contributed by atoms with Gasteiger partial charge in [-0.3, -0.25) is 0 Å². The second-order valence-corrected chi connectivity index (χ2v) is 6.72. The van der Waals surface area contributed by atoms with Crippen LogP contribution in [-0.4, -0.2) is 3.92 Å². The third-order valence-electron chi connectivity index (χ3n) is 3.69. The highest BCUT2D eigenvalue weighted by Crippen LogP contribution is 2.39. The maximum absolute atomic E-state index is 2.44. The molecule has 1 fully saturated rings. The van der Waals surface area contributed by atoms with Gasteiger partial charge in [-0.2, -0.15) is 0 Å². The van der Waals surface area contributed by atoms with Crippen LogP contribution >= 0.6 is 0 Å². The lowest BCUT2D eigenvalue weighted by molar-refractivity contribution is -0.427. The highest BCUT2D eigenvalue weighted by molar-refractivity contribution is 4.81. The van der Waals surface area contributed by atoms with Crippen molar-refractivity contribution in [1.82, 2.24) is 0 Å². The summed E-state index contributed by atoms with van der Waals surface area (Å²) in [4.78, 5) is 0. The minimum Gasteiger partial charge on any atom is -0.0649 e. The van der Waals surface area contributed by atoms with E-state index in [2.05, 4.69) is 43.4 Å². The number of hydrogen-bond acceptors (Lipinski definition) is 0. The van der Waals surface area contributed by atoms with E-state index in [9.17, 15) is 0 Å². The van der Waals surface area contributed by atoms with Gasteiger partial charge >= 0.3 is 0 Å². The van der Waals surface area contributed by atoms with Crippen molar-refractivity contribution in [3.63, 3.8) is 0 Å². The van der Waals surface area contributed by atoms with Crippen molar-refractivity contribution in [3.05, 3.63) is 0 Å². The molecule has 0 unspecified atom stereocenters. The molecule has 0 bridgehead atoms. The van der Waals surface area contributed by atoms with Crippen LogP contribution in [0.15, 0.2) is 0 Å². The Balaban J connectivity index is 2.44. The molecule has 0 aromatic carbocycles. The van der Waals surface area contributed by atoms with E-state index in [1.807, 2.05) is 0 Å². The Bertz CT molecular complexity index is 132. The summed E-state index contributed by atoms with van der Waals surface area (Å²) >= 11 is 2.33. The number of alkyl halides is 1. The van der Waals surface area contributed by atoms with Gasteiger partial charge in [0.15, 0.2) is 3.92 Å². The minimum absolute atomic E-state index is 0.598. The van der Waals surface area contributed by atoms with Crippen molar-refractivity contribution >= 4 is 0 Å². The molecule has 0 saturated heterocycles. The van der Waals surface area contributed by atoms with E-state index in [-0.39, 0.29) is 0 Å². The summed E-state index contributed by atoms with van der Waals surface area (Å²) in [5.74, 6) is 1.00. The summed E-state index contributed by atoms with van der Waals surface area (Å²) in [5.41, 5.74) is 0.598. The average molecular weight is 281 g/mol. The predicted molar refractivity (Wildman–Crippen MR) is 51.2 cm³/mol. The molecule has 0 N–H and O–H groups in total. The Kier molecular flexibility index (Phi) is 3.87. The molecular formula is C11H22I+. The zero-order valence-corrected chi connectivity index (χ0v) is 10.9. The Morgan fingerprint density at radius 2 is 1.67 bits per heavy atom. The van der Waals surface area contributed by atoms with Crippen LogP contribution in [0.3, 0.4) is 0 Å². The summed E-state index contributed by atoms with van der Waals surface area (Å²) < 4.78 is 1.00. The van der Waals surface area contributed by atoms with Crippen molar-refractivity contribution in [2.45, 2.75) is 56.8 Å². The zero-order valence-electron chi connectivity index (χ0n) is 8.60. The van der Waals surface area contributed by atoms with E-state index in [1.54, 1.807) is 0 Å². The third kappa shape index (κ3) is 2.61. The molecule has 72 valence electrons. The first-order valence-electron chi connectivity index (χ1n) is 5.22. The molecule has 1 aliphatic carbocycles. The smallest absolute Gasteiger partial charge is 0.0649 e. The molecule has 0 heterocycles. The Hall–Kier alpha value is 0.730. The molecular weight excluding hydrogens is 259 g/mol. The summed E-state index contributed by atoms with van der Waals surface area (Å²) in [7, 11) is 0. The fourth-order valence-electron chi connectivity index (χ4n) is 2.13. The van der Waals surface area contributed by atoms with Gasteiger partial charge in [0.25, 0.3) is 22.6 Å². The molecule has 1 heteroatoms. The molecule has 0 atom stereocenters. The lowest BCUT2D eigenvalue weighted by Crippen LogP contribution is -3.39. The second-order valence-electron chi connectivity index (χ2n) is 4.82. The second kappa shape index (κ2) is 4.30. The fourth-order valence-corrected chi connectivity index (χ4v) is 2.91. The number of rotatable bonds is 2. The van der Waals surface area contributed by atoms with E-state index in [1.165, 1.54) is 32.1 Å². The monoisotopic (exact) mass is 281 g/mol. The lowest BCUT2D eigenvalue weighted by atomic mass is 9.70. The van der Waals surface area contributed by atoms with Gasteiger partial charge < -0.3 is 0 Å². The van der Waals surface area contributed by atoms with Crippen LogP contribution in [0.25, 0.3) is 0 Å². The molecule has 0 amide bonds. The molecule has 0 nitrogen and oxygen atoms in total. The highest BCUT2D eigenvalue weighted by atomic mass is 127. The Labute approximate surface area is 90.6 Å². The van der Waals surface area contributed by atoms with Gasteiger partial charge in [0.05, 0.1) is 0 Å². The van der Waals surface area contributed by atoms with Gasteiger partial charge in [0, 0.05) is 0 Å². The van der Waals surface area contributed by atoms with Crippen molar-refractivity contribution in [3.8, 4) is 0 Å². The van der Waals surface area contributed by atoms with Crippen molar-refractivity contribution in [2.24, 2.45) is 11.3 Å². The molecule has 12 heavy (non-hydrogen) atoms. The average Bonchev–Trinajstić information content (AvgIpc) is 2.05. The quantitative estimate of drug-likeness (QED) is 0.503. The molecule has 1 aliphatic rings. The standard InChI is InChI=1S/C11H22I/c1-4-11(2,3)9-5-7-10(12)8-6-9/h9-10,12H,4-8H2,1-3H3/q+1. The molecule has 1 saturated carbocycles. The maximum atomic E-state index is 2.44. The van der Waals surface area contributed by atoms with Crippen molar-refractivity contribution in [1.29, 1.82) is 0 Å². The van der Waals surface area contributed by atoms with Gasteiger partial charge in [0.1, 0.15) is 0 Å². The fraction of sp³-hybridized carbons (Fsp3) is 1.00. The van der Waals surface area contributed by atoms with Gasteiger partial charge in [-0.1, -0.05) is 27.2 Å². The van der Waals surface area contributed by atoms with Gasteiger partial charge in [-0.25, -0.2) is 0 Å². The summed E-state index contributed by atoms with van der Waals surface area (Å²) in [6, 6.07) is 0. The summed E-state index contributed by atoms with van der Waals surface area (Å²) in [6.07, 6.45) is 7.24. The zero-order chi connectivity index (χ0) is 9.19. The summed E-state index contributed by atoms with van der Waals surface area (Å²) in [5, 5.41) is 0. The van der Waals surface area contributed by atoms with Crippen LogP contribution in [0.4, 0.5) is 0 Å². The van der Waals surface area contributed by atoms with Crippen LogP contribution in [-0.2, 0) is 0 Å². The first kappa shape index (κ1) is 10.8. The highest BCUT2D eigenvalue weighted by Gasteiger charge is 2.32. The van der Waals surface area contributed by atoms with Gasteiger partial charge in [-0.15, -0.1) is 0 Å². The number of halogens is 1. The minimum atomic E-state index is 0.598. The topological polar surface area (TPSA) is 0 Å². The van der Waals surface area contributed by atoms with Gasteiger partial charge in [0.2, 0.25) is 0 Å². The van der Waals surface area contributed by atoms with Crippen molar-refractivity contribution in [2.75, 3.05) is 0 Å². The van der Waals surface area contributed by atoms with E-state index < -0.39 is 0 Å². The molecule has 0 aromatic heterocycles. The Morgan fingerprint density at radius 1 is 1.17 bits per heavy atom. The first-order chi connectivity index (χ1) is 5.56. The van der Waals surface area contributed by atoms with E-state index >= 15 is 0 Å². The molecule has 0 spiro atoms. The normalized spacial score (nSPS) is 32.0. The summed E-state index contributed by atoms with van der Waals surface area (Å²) in [6.45, 7) is 7.21. The largest absolute Gasteiger partial charge is 0.255 e. The van der Waals surface area contributed by atoms with E-state index in [0.29, 0.717) is 5.41 Å². The maximum Gasteiger partial charge on any atom is 0.255 e.